The largest absolute Gasteiger partial charge is 0.339 e. The van der Waals surface area contributed by atoms with Crippen LogP contribution < -0.4 is 10.6 Å². The van der Waals surface area contributed by atoms with E-state index in [0.717, 1.165) is 55.6 Å². The molecule has 0 aromatic carbocycles. The van der Waals surface area contributed by atoms with Crippen molar-refractivity contribution in [3.05, 3.63) is 11.8 Å². The number of hydrogen-bond donors (Lipinski definition) is 2. The third kappa shape index (κ3) is 2.65. The predicted molar refractivity (Wildman–Crippen MR) is 81.9 cm³/mol. The van der Waals surface area contributed by atoms with Crippen molar-refractivity contribution < 1.29 is 0 Å². The molecule has 0 spiro atoms. The summed E-state index contributed by atoms with van der Waals surface area (Å²) in [5.74, 6) is 1.53. The number of aromatic amines is 1. The lowest BCUT2D eigenvalue weighted by Crippen LogP contribution is -2.42. The maximum atomic E-state index is 5.86. The van der Waals surface area contributed by atoms with Gasteiger partial charge in [0.25, 0.3) is 0 Å². The Morgan fingerprint density at radius 2 is 2.10 bits per heavy atom. The third-order valence-electron chi connectivity index (χ3n) is 4.46. The zero-order chi connectivity index (χ0) is 15.0. The van der Waals surface area contributed by atoms with E-state index < -0.39 is 0 Å². The first-order valence-electron chi connectivity index (χ1n) is 7.39. The molecular weight excluding hydrogens is 266 g/mol. The van der Waals surface area contributed by atoms with Gasteiger partial charge in [-0.2, -0.15) is 10.1 Å². The second kappa shape index (κ2) is 5.14. The summed E-state index contributed by atoms with van der Waals surface area (Å²) in [6.07, 6.45) is 2.16. The van der Waals surface area contributed by atoms with Crippen molar-refractivity contribution in [2.24, 2.45) is 18.2 Å². The topological polar surface area (TPSA) is 88.7 Å². The van der Waals surface area contributed by atoms with Gasteiger partial charge in [0, 0.05) is 20.1 Å². The first-order chi connectivity index (χ1) is 10.0. The summed E-state index contributed by atoms with van der Waals surface area (Å²) in [6, 6.07) is 2.01. The molecule has 1 fully saturated rings. The summed E-state index contributed by atoms with van der Waals surface area (Å²) in [7, 11) is 1.91. The van der Waals surface area contributed by atoms with Crippen LogP contribution in [0.4, 0.5) is 5.95 Å². The van der Waals surface area contributed by atoms with Crippen LogP contribution in [0.5, 0.6) is 0 Å². The number of nitrogens with zero attached hydrogens (tertiary/aromatic N) is 5. The highest BCUT2D eigenvalue weighted by Crippen LogP contribution is 2.31. The van der Waals surface area contributed by atoms with Gasteiger partial charge in [0.15, 0.2) is 5.82 Å². The molecule has 1 aliphatic rings. The van der Waals surface area contributed by atoms with Crippen LogP contribution in [0.2, 0.25) is 0 Å². The molecule has 0 atom stereocenters. The standard InChI is InChI=1S/C14H23N7/c1-10-8-11(20(3)19-10)12-16-13(18-17-12)21-6-4-14(2,9-15)5-7-21/h8H,4-7,9,15H2,1-3H3,(H,16,17,18). The zero-order valence-corrected chi connectivity index (χ0v) is 12.9. The van der Waals surface area contributed by atoms with Crippen LogP contribution in [-0.2, 0) is 7.05 Å². The van der Waals surface area contributed by atoms with E-state index in [4.69, 9.17) is 5.73 Å². The molecule has 0 radical (unpaired) electrons. The molecule has 0 amide bonds. The van der Waals surface area contributed by atoms with E-state index in [1.165, 1.54) is 0 Å². The fraction of sp³-hybridized carbons (Fsp3) is 0.643. The van der Waals surface area contributed by atoms with Crippen molar-refractivity contribution in [3.63, 3.8) is 0 Å². The quantitative estimate of drug-likeness (QED) is 0.882. The third-order valence-corrected chi connectivity index (χ3v) is 4.46. The number of hydrogen-bond acceptors (Lipinski definition) is 5. The summed E-state index contributed by atoms with van der Waals surface area (Å²) in [5.41, 5.74) is 8.04. The lowest BCUT2D eigenvalue weighted by Gasteiger charge is -2.38. The molecular formula is C14H23N7. The van der Waals surface area contributed by atoms with E-state index in [9.17, 15) is 0 Å². The molecule has 0 unspecified atom stereocenters. The molecule has 1 saturated heterocycles. The van der Waals surface area contributed by atoms with E-state index >= 15 is 0 Å². The molecule has 7 heteroatoms. The van der Waals surface area contributed by atoms with Crippen molar-refractivity contribution in [2.75, 3.05) is 24.5 Å². The van der Waals surface area contributed by atoms with E-state index in [2.05, 4.69) is 32.1 Å². The SMILES string of the molecule is Cc1cc(-c2nc(N3CCC(C)(CN)CC3)n[nH]2)n(C)n1. The van der Waals surface area contributed by atoms with Gasteiger partial charge < -0.3 is 10.6 Å². The van der Waals surface area contributed by atoms with Crippen molar-refractivity contribution in [2.45, 2.75) is 26.7 Å². The monoisotopic (exact) mass is 289 g/mol. The van der Waals surface area contributed by atoms with Gasteiger partial charge in [0.05, 0.1) is 5.69 Å². The first-order valence-corrected chi connectivity index (χ1v) is 7.39. The number of piperidine rings is 1. The van der Waals surface area contributed by atoms with Gasteiger partial charge in [-0.05, 0) is 37.8 Å². The van der Waals surface area contributed by atoms with Gasteiger partial charge in [0.2, 0.25) is 5.95 Å². The van der Waals surface area contributed by atoms with Crippen molar-refractivity contribution in [1.82, 2.24) is 25.0 Å². The highest BCUT2D eigenvalue weighted by atomic mass is 15.4. The Hall–Kier alpha value is -1.89. The minimum absolute atomic E-state index is 0.259. The number of H-pyrrole nitrogens is 1. The summed E-state index contributed by atoms with van der Waals surface area (Å²) in [6.45, 7) is 6.88. The Kier molecular flexibility index (Phi) is 3.44. The van der Waals surface area contributed by atoms with Crippen molar-refractivity contribution >= 4 is 5.95 Å². The normalized spacial score (nSPS) is 18.2. The molecule has 21 heavy (non-hydrogen) atoms. The van der Waals surface area contributed by atoms with Crippen LogP contribution >= 0.6 is 0 Å². The molecule has 2 aromatic heterocycles. The lowest BCUT2D eigenvalue weighted by atomic mass is 9.81. The number of nitrogens with one attached hydrogen (secondary N) is 1. The molecule has 7 nitrogen and oxygen atoms in total. The predicted octanol–water partition coefficient (Wildman–Crippen LogP) is 1.08. The smallest absolute Gasteiger partial charge is 0.245 e. The maximum absolute atomic E-state index is 5.86. The van der Waals surface area contributed by atoms with Crippen LogP contribution in [0.1, 0.15) is 25.5 Å². The van der Waals surface area contributed by atoms with Gasteiger partial charge in [-0.1, -0.05) is 6.92 Å². The van der Waals surface area contributed by atoms with Gasteiger partial charge >= 0.3 is 0 Å². The zero-order valence-electron chi connectivity index (χ0n) is 12.9. The molecule has 0 saturated carbocycles. The molecule has 0 bridgehead atoms. The molecule has 114 valence electrons. The Labute approximate surface area is 124 Å². The number of nitrogens with two attached hydrogens (primary N) is 1. The van der Waals surface area contributed by atoms with Crippen molar-refractivity contribution in [1.29, 1.82) is 0 Å². The summed E-state index contributed by atoms with van der Waals surface area (Å²) < 4.78 is 1.82. The average Bonchev–Trinajstić information content (AvgIpc) is 3.06. The van der Waals surface area contributed by atoms with Crippen molar-refractivity contribution in [3.8, 4) is 11.5 Å². The second-order valence-electron chi connectivity index (χ2n) is 6.28. The molecule has 1 aliphatic heterocycles. The fourth-order valence-corrected chi connectivity index (χ4v) is 2.79. The summed E-state index contributed by atoms with van der Waals surface area (Å²) in [4.78, 5) is 6.84. The number of aromatic nitrogens is 5. The van der Waals surface area contributed by atoms with Crippen LogP contribution in [0.15, 0.2) is 6.07 Å². The maximum Gasteiger partial charge on any atom is 0.245 e. The number of anilines is 1. The van der Waals surface area contributed by atoms with Crippen LogP contribution in [0.3, 0.4) is 0 Å². The highest BCUT2D eigenvalue weighted by Gasteiger charge is 2.30. The Morgan fingerprint density at radius 1 is 1.38 bits per heavy atom. The molecule has 0 aliphatic carbocycles. The molecule has 3 N–H and O–H groups in total. The Bertz CT molecular complexity index is 619. The summed E-state index contributed by atoms with van der Waals surface area (Å²) in [5, 5.41) is 11.7. The van der Waals surface area contributed by atoms with E-state index in [1.807, 2.05) is 24.7 Å². The fourth-order valence-electron chi connectivity index (χ4n) is 2.79. The number of rotatable bonds is 3. The average molecular weight is 289 g/mol. The molecule has 3 rings (SSSR count). The van der Waals surface area contributed by atoms with E-state index in [1.54, 1.807) is 0 Å². The second-order valence-corrected chi connectivity index (χ2v) is 6.28. The first kappa shape index (κ1) is 14.1. The van der Waals surface area contributed by atoms with E-state index in [0.29, 0.717) is 0 Å². The van der Waals surface area contributed by atoms with Gasteiger partial charge in [-0.3, -0.25) is 9.78 Å². The highest BCUT2D eigenvalue weighted by molar-refractivity contribution is 5.52. The van der Waals surface area contributed by atoms with Gasteiger partial charge in [-0.25, -0.2) is 0 Å². The summed E-state index contributed by atoms with van der Waals surface area (Å²) >= 11 is 0. The van der Waals surface area contributed by atoms with Crippen LogP contribution in [-0.4, -0.2) is 44.6 Å². The minimum Gasteiger partial charge on any atom is -0.339 e. The van der Waals surface area contributed by atoms with Crippen LogP contribution in [0.25, 0.3) is 11.5 Å². The van der Waals surface area contributed by atoms with E-state index in [-0.39, 0.29) is 5.41 Å². The Morgan fingerprint density at radius 3 is 2.67 bits per heavy atom. The molecule has 2 aromatic rings. The lowest BCUT2D eigenvalue weighted by molar-refractivity contribution is 0.257. The van der Waals surface area contributed by atoms with Gasteiger partial charge in [-0.15, -0.1) is 5.10 Å². The minimum atomic E-state index is 0.259. The van der Waals surface area contributed by atoms with Gasteiger partial charge in [0.1, 0.15) is 5.69 Å². The molecule has 3 heterocycles. The Balaban J connectivity index is 1.76. The van der Waals surface area contributed by atoms with Crippen LogP contribution in [0, 0.1) is 12.3 Å². The number of aryl methyl sites for hydroxylation is 2.